The Morgan fingerprint density at radius 2 is 2.00 bits per heavy atom. The first-order valence-electron chi connectivity index (χ1n) is 7.55. The van der Waals surface area contributed by atoms with Gasteiger partial charge < -0.3 is 5.32 Å². The number of aromatic nitrogens is 2. The van der Waals surface area contributed by atoms with Crippen LogP contribution in [0.15, 0.2) is 42.5 Å². The molecule has 8 heteroatoms. The number of benzene rings is 2. The maximum Gasteiger partial charge on any atom is 0.250 e. The molecule has 4 rings (SSSR count). The number of halogens is 2. The van der Waals surface area contributed by atoms with Crippen LogP contribution in [0.3, 0.4) is 0 Å². The average Bonchev–Trinajstić information content (AvgIpc) is 3.07. The number of para-hydroxylation sites is 2. The molecule has 1 aromatic heterocycles. The Bertz CT molecular complexity index is 1020. The molecule has 6 nitrogen and oxygen atoms in total. The zero-order valence-corrected chi connectivity index (χ0v) is 12.8. The molecule has 1 atom stereocenters. The molecular weight excluding hydrogens is 330 g/mol. The lowest BCUT2D eigenvalue weighted by molar-refractivity contribution is -0.123. The summed E-state index contributed by atoms with van der Waals surface area (Å²) in [7, 11) is 0. The third-order valence-corrected chi connectivity index (χ3v) is 4.03. The first-order valence-corrected chi connectivity index (χ1v) is 7.55. The Labute approximate surface area is 140 Å². The van der Waals surface area contributed by atoms with Crippen molar-refractivity contribution in [1.82, 2.24) is 9.55 Å². The number of nitrogens with zero attached hydrogens (tertiary/aromatic N) is 2. The fourth-order valence-corrected chi connectivity index (χ4v) is 2.90. The highest BCUT2D eigenvalue weighted by molar-refractivity contribution is 6.03. The van der Waals surface area contributed by atoms with Gasteiger partial charge in [0, 0.05) is 11.8 Å². The molecule has 0 saturated carbocycles. The predicted molar refractivity (Wildman–Crippen MR) is 87.0 cm³/mol. The molecule has 2 N–H and O–H groups in total. The molecular formula is C17H12F2N4O2. The Balaban J connectivity index is 1.57. The minimum Gasteiger partial charge on any atom is -0.326 e. The Kier molecular flexibility index (Phi) is 3.45. The number of anilines is 2. The fraction of sp³-hybridized carbons (Fsp3) is 0.118. The van der Waals surface area contributed by atoms with Crippen LogP contribution in [0.2, 0.25) is 0 Å². The number of nitrogens with one attached hydrogen (secondary N) is 2. The molecule has 0 spiro atoms. The normalized spacial score (nSPS) is 15.9. The summed E-state index contributed by atoms with van der Waals surface area (Å²) in [5.41, 5.74) is 1.57. The van der Waals surface area contributed by atoms with Crippen LogP contribution in [0, 0.1) is 11.6 Å². The molecule has 2 amide bonds. The number of hydrogen-bond donors (Lipinski definition) is 2. The number of rotatable bonds is 3. The Morgan fingerprint density at radius 3 is 2.80 bits per heavy atom. The third-order valence-electron chi connectivity index (χ3n) is 4.03. The van der Waals surface area contributed by atoms with E-state index in [2.05, 4.69) is 15.6 Å². The molecule has 0 saturated heterocycles. The lowest BCUT2D eigenvalue weighted by Gasteiger charge is -2.12. The van der Waals surface area contributed by atoms with Crippen molar-refractivity contribution in [1.29, 1.82) is 0 Å². The van der Waals surface area contributed by atoms with Crippen molar-refractivity contribution in [2.45, 2.75) is 12.5 Å². The van der Waals surface area contributed by atoms with Crippen molar-refractivity contribution in [3.8, 4) is 0 Å². The van der Waals surface area contributed by atoms with Crippen LogP contribution in [-0.2, 0) is 9.59 Å². The number of fused-ring (bicyclic) bond motifs is 3. The summed E-state index contributed by atoms with van der Waals surface area (Å²) >= 11 is 0. The van der Waals surface area contributed by atoms with Gasteiger partial charge in [-0.15, -0.1) is 0 Å². The van der Waals surface area contributed by atoms with Gasteiger partial charge in [-0.25, -0.2) is 13.8 Å². The van der Waals surface area contributed by atoms with Crippen LogP contribution in [0.5, 0.6) is 0 Å². The number of hydrogen-bond acceptors (Lipinski definition) is 3. The minimum atomic E-state index is -1.06. The van der Waals surface area contributed by atoms with E-state index < -0.39 is 23.6 Å². The molecule has 25 heavy (non-hydrogen) atoms. The first kappa shape index (κ1) is 15.3. The van der Waals surface area contributed by atoms with E-state index in [9.17, 15) is 18.4 Å². The van der Waals surface area contributed by atoms with Crippen LogP contribution >= 0.6 is 0 Å². The van der Waals surface area contributed by atoms with E-state index in [-0.39, 0.29) is 18.0 Å². The van der Waals surface area contributed by atoms with Gasteiger partial charge in [0.2, 0.25) is 17.8 Å². The summed E-state index contributed by atoms with van der Waals surface area (Å²) < 4.78 is 27.8. The molecule has 0 fully saturated rings. The summed E-state index contributed by atoms with van der Waals surface area (Å²) in [6.07, 6.45) is -0.155. The molecule has 126 valence electrons. The SMILES string of the molecule is O=C(C[C@H]1C(=O)Nc2nc3ccccc3n21)Nc1ccc(F)c(F)c1. The fourth-order valence-electron chi connectivity index (χ4n) is 2.90. The van der Waals surface area contributed by atoms with Crippen LogP contribution in [0.4, 0.5) is 20.4 Å². The van der Waals surface area contributed by atoms with Crippen molar-refractivity contribution in [3.63, 3.8) is 0 Å². The van der Waals surface area contributed by atoms with Gasteiger partial charge in [-0.1, -0.05) is 12.1 Å². The summed E-state index contributed by atoms with van der Waals surface area (Å²) in [6, 6.07) is 9.58. The van der Waals surface area contributed by atoms with Gasteiger partial charge in [0.25, 0.3) is 0 Å². The number of amides is 2. The monoisotopic (exact) mass is 342 g/mol. The summed E-state index contributed by atoms with van der Waals surface area (Å²) in [4.78, 5) is 28.7. The van der Waals surface area contributed by atoms with Crippen LogP contribution in [0.25, 0.3) is 11.0 Å². The average molecular weight is 342 g/mol. The van der Waals surface area contributed by atoms with Crippen molar-refractivity contribution >= 4 is 34.5 Å². The number of imidazole rings is 1. The Morgan fingerprint density at radius 1 is 1.20 bits per heavy atom. The van der Waals surface area contributed by atoms with Gasteiger partial charge in [0.1, 0.15) is 6.04 Å². The molecule has 0 radical (unpaired) electrons. The van der Waals surface area contributed by atoms with Gasteiger partial charge in [-0.2, -0.15) is 0 Å². The predicted octanol–water partition coefficient (Wildman–Crippen LogP) is 2.84. The zero-order chi connectivity index (χ0) is 17.6. The van der Waals surface area contributed by atoms with Gasteiger partial charge in [-0.05, 0) is 24.3 Å². The molecule has 2 aromatic carbocycles. The molecule has 1 aliphatic rings. The van der Waals surface area contributed by atoms with E-state index in [0.29, 0.717) is 11.5 Å². The van der Waals surface area contributed by atoms with Crippen molar-refractivity contribution < 1.29 is 18.4 Å². The second-order valence-corrected chi connectivity index (χ2v) is 5.68. The quantitative estimate of drug-likeness (QED) is 0.768. The van der Waals surface area contributed by atoms with Gasteiger partial charge in [0.15, 0.2) is 11.6 Å². The van der Waals surface area contributed by atoms with E-state index in [1.54, 1.807) is 4.57 Å². The molecule has 2 heterocycles. The Hall–Kier alpha value is -3.29. The molecule has 0 unspecified atom stereocenters. The van der Waals surface area contributed by atoms with E-state index in [1.807, 2.05) is 24.3 Å². The molecule has 1 aliphatic heterocycles. The molecule has 0 aliphatic carbocycles. The maximum atomic E-state index is 13.2. The maximum absolute atomic E-state index is 13.2. The summed E-state index contributed by atoms with van der Waals surface area (Å²) in [5, 5.41) is 5.12. The third kappa shape index (κ3) is 2.61. The van der Waals surface area contributed by atoms with Gasteiger partial charge in [-0.3, -0.25) is 19.5 Å². The summed E-state index contributed by atoms with van der Waals surface area (Å²) in [6.45, 7) is 0. The van der Waals surface area contributed by atoms with Crippen molar-refractivity contribution in [2.24, 2.45) is 0 Å². The second kappa shape index (κ2) is 5.66. The number of carbonyl (C=O) groups excluding carboxylic acids is 2. The van der Waals surface area contributed by atoms with E-state index in [4.69, 9.17) is 0 Å². The highest BCUT2D eigenvalue weighted by Crippen LogP contribution is 2.32. The van der Waals surface area contributed by atoms with E-state index >= 15 is 0 Å². The first-order chi connectivity index (χ1) is 12.0. The number of carbonyl (C=O) groups is 2. The standard InChI is InChI=1S/C17H12F2N4O2/c18-10-6-5-9(7-11(10)19)20-15(24)8-14-16(25)22-17-21-12-3-1-2-4-13(12)23(14)17/h1-7,14H,8H2,(H,20,24)(H,21,22,25)/t14-/m0/s1. The zero-order valence-electron chi connectivity index (χ0n) is 12.8. The minimum absolute atomic E-state index is 0.123. The topological polar surface area (TPSA) is 76.0 Å². The van der Waals surface area contributed by atoms with Gasteiger partial charge in [0.05, 0.1) is 17.5 Å². The van der Waals surface area contributed by atoms with Gasteiger partial charge >= 0.3 is 0 Å². The summed E-state index contributed by atoms with van der Waals surface area (Å²) in [5.74, 6) is -2.50. The highest BCUT2D eigenvalue weighted by atomic mass is 19.2. The van der Waals surface area contributed by atoms with Crippen LogP contribution < -0.4 is 10.6 Å². The lowest BCUT2D eigenvalue weighted by atomic mass is 10.1. The van der Waals surface area contributed by atoms with Crippen molar-refractivity contribution in [2.75, 3.05) is 10.6 Å². The van der Waals surface area contributed by atoms with E-state index in [1.165, 1.54) is 6.07 Å². The largest absolute Gasteiger partial charge is 0.326 e. The van der Waals surface area contributed by atoms with Crippen LogP contribution in [-0.4, -0.2) is 21.4 Å². The molecule has 3 aromatic rings. The van der Waals surface area contributed by atoms with E-state index in [0.717, 1.165) is 17.6 Å². The van der Waals surface area contributed by atoms with Crippen molar-refractivity contribution in [3.05, 3.63) is 54.1 Å². The lowest BCUT2D eigenvalue weighted by Crippen LogP contribution is -2.23. The smallest absolute Gasteiger partial charge is 0.250 e. The van der Waals surface area contributed by atoms with Crippen LogP contribution in [0.1, 0.15) is 12.5 Å². The highest BCUT2D eigenvalue weighted by Gasteiger charge is 2.34. The molecule has 0 bridgehead atoms. The second-order valence-electron chi connectivity index (χ2n) is 5.68.